The Morgan fingerprint density at radius 1 is 1.19 bits per heavy atom. The zero-order valence-corrected chi connectivity index (χ0v) is 14.7. The fourth-order valence-corrected chi connectivity index (χ4v) is 3.61. The molecule has 0 bridgehead atoms. The number of hydrogen-bond acceptors (Lipinski definition) is 5. The first-order valence-electron chi connectivity index (χ1n) is 8.61. The Morgan fingerprint density at radius 3 is 2.70 bits per heavy atom. The molecule has 0 aromatic heterocycles. The van der Waals surface area contributed by atoms with E-state index in [4.69, 9.17) is 5.26 Å². The molecule has 0 atom stereocenters. The van der Waals surface area contributed by atoms with Gasteiger partial charge in [-0.3, -0.25) is 15.5 Å². The molecule has 0 saturated heterocycles. The van der Waals surface area contributed by atoms with Crippen LogP contribution in [0, 0.1) is 21.4 Å². The van der Waals surface area contributed by atoms with Gasteiger partial charge >= 0.3 is 0 Å². The number of hydrogen-bond donors (Lipinski definition) is 1. The molecule has 1 N–H and O–H groups in total. The van der Waals surface area contributed by atoms with Gasteiger partial charge in [-0.15, -0.1) is 0 Å². The lowest BCUT2D eigenvalue weighted by Crippen LogP contribution is -2.03. The maximum Gasteiger partial charge on any atom is 0.295 e. The number of aryl methyl sites for hydroxylation is 2. The van der Waals surface area contributed by atoms with E-state index in [-0.39, 0.29) is 16.9 Å². The van der Waals surface area contributed by atoms with Crippen LogP contribution in [0.2, 0.25) is 0 Å². The van der Waals surface area contributed by atoms with Crippen molar-refractivity contribution in [1.29, 1.82) is 5.26 Å². The van der Waals surface area contributed by atoms with E-state index in [1.165, 1.54) is 34.7 Å². The van der Waals surface area contributed by atoms with E-state index in [0.717, 1.165) is 29.5 Å². The highest BCUT2D eigenvalue weighted by Crippen LogP contribution is 2.33. The first-order chi connectivity index (χ1) is 13.1. The van der Waals surface area contributed by atoms with Crippen LogP contribution in [0.25, 0.3) is 10.8 Å². The minimum atomic E-state index is -0.521. The lowest BCUT2D eigenvalue weighted by atomic mass is 9.98. The number of nitro groups is 1. The number of anilines is 1. The molecule has 0 radical (unpaired) electrons. The topological polar surface area (TPSA) is 91.3 Å². The van der Waals surface area contributed by atoms with Crippen LogP contribution < -0.4 is 5.43 Å². The van der Waals surface area contributed by atoms with Crippen molar-refractivity contribution in [2.45, 2.75) is 19.8 Å². The predicted molar refractivity (Wildman–Crippen MR) is 105 cm³/mol. The van der Waals surface area contributed by atoms with Crippen molar-refractivity contribution in [3.63, 3.8) is 0 Å². The van der Waals surface area contributed by atoms with Crippen LogP contribution in [0.4, 0.5) is 11.4 Å². The third-order valence-electron chi connectivity index (χ3n) is 4.93. The largest absolute Gasteiger partial charge is 0.295 e. The Kier molecular flexibility index (Phi) is 4.05. The lowest BCUT2D eigenvalue weighted by molar-refractivity contribution is -0.384. The van der Waals surface area contributed by atoms with E-state index in [1.54, 1.807) is 0 Å². The van der Waals surface area contributed by atoms with Gasteiger partial charge in [0.25, 0.3) is 5.69 Å². The van der Waals surface area contributed by atoms with Crippen molar-refractivity contribution in [1.82, 2.24) is 0 Å². The molecule has 0 spiro atoms. The monoisotopic (exact) mass is 356 g/mol. The summed E-state index contributed by atoms with van der Waals surface area (Å²) in [6.07, 6.45) is 2.12. The molecule has 4 rings (SSSR count). The van der Waals surface area contributed by atoms with Crippen molar-refractivity contribution in [2.75, 3.05) is 5.43 Å². The smallest absolute Gasteiger partial charge is 0.271 e. The van der Waals surface area contributed by atoms with Gasteiger partial charge in [0.05, 0.1) is 22.3 Å². The van der Waals surface area contributed by atoms with E-state index in [2.05, 4.69) is 40.9 Å². The minimum Gasteiger partial charge on any atom is -0.271 e. The van der Waals surface area contributed by atoms with Crippen molar-refractivity contribution in [2.24, 2.45) is 5.10 Å². The predicted octanol–water partition coefficient (Wildman–Crippen LogP) is 4.55. The van der Waals surface area contributed by atoms with Crippen molar-refractivity contribution >= 4 is 27.9 Å². The van der Waals surface area contributed by atoms with Gasteiger partial charge in [0.1, 0.15) is 5.69 Å². The van der Waals surface area contributed by atoms with Crippen molar-refractivity contribution < 1.29 is 4.92 Å². The Hall–Kier alpha value is -3.72. The van der Waals surface area contributed by atoms with Crippen LogP contribution in [0.1, 0.15) is 29.2 Å². The molecule has 1 aliphatic carbocycles. The highest BCUT2D eigenvalue weighted by atomic mass is 16.6. The number of hydrazone groups is 1. The number of nitrogens with one attached hydrogen (secondary N) is 1. The Morgan fingerprint density at radius 2 is 1.96 bits per heavy atom. The van der Waals surface area contributed by atoms with Gasteiger partial charge < -0.3 is 0 Å². The zero-order valence-electron chi connectivity index (χ0n) is 14.7. The molecular weight excluding hydrogens is 340 g/mol. The molecule has 0 amide bonds. The van der Waals surface area contributed by atoms with E-state index in [0.29, 0.717) is 0 Å². The molecule has 0 unspecified atom stereocenters. The van der Waals surface area contributed by atoms with Gasteiger partial charge in [-0.25, -0.2) is 0 Å². The van der Waals surface area contributed by atoms with E-state index >= 15 is 0 Å². The van der Waals surface area contributed by atoms with Gasteiger partial charge in [-0.2, -0.15) is 10.4 Å². The summed E-state index contributed by atoms with van der Waals surface area (Å²) >= 11 is 0. The van der Waals surface area contributed by atoms with Crippen LogP contribution >= 0.6 is 0 Å². The molecule has 6 nitrogen and oxygen atoms in total. The first-order valence-corrected chi connectivity index (χ1v) is 8.61. The molecule has 1 aliphatic rings. The summed E-state index contributed by atoms with van der Waals surface area (Å²) in [7, 11) is 0. The molecule has 3 aromatic carbocycles. The van der Waals surface area contributed by atoms with Crippen LogP contribution in [0.3, 0.4) is 0 Å². The summed E-state index contributed by atoms with van der Waals surface area (Å²) in [4.78, 5) is 10.7. The van der Waals surface area contributed by atoms with Crippen molar-refractivity contribution in [3.05, 3.63) is 80.9 Å². The fourth-order valence-electron chi connectivity index (χ4n) is 3.61. The van der Waals surface area contributed by atoms with Gasteiger partial charge in [-0.05, 0) is 53.8 Å². The highest BCUT2D eigenvalue weighted by molar-refractivity contribution is 6.11. The van der Waals surface area contributed by atoms with E-state index in [9.17, 15) is 10.1 Å². The number of benzene rings is 3. The molecular formula is C21H16N4O2. The quantitative estimate of drug-likeness (QED) is 0.421. The molecule has 0 fully saturated rings. The average molecular weight is 356 g/mol. The van der Waals surface area contributed by atoms with Gasteiger partial charge in [-0.1, -0.05) is 30.3 Å². The maximum absolute atomic E-state index is 11.3. The second kappa shape index (κ2) is 6.54. The normalized spacial score (nSPS) is 12.8. The molecule has 6 heteroatoms. The van der Waals surface area contributed by atoms with Gasteiger partial charge in [0.15, 0.2) is 0 Å². The molecule has 0 aliphatic heterocycles. The third-order valence-corrected chi connectivity index (χ3v) is 4.93. The van der Waals surface area contributed by atoms with E-state index in [1.807, 2.05) is 13.0 Å². The van der Waals surface area contributed by atoms with Gasteiger partial charge in [0.2, 0.25) is 0 Å². The third kappa shape index (κ3) is 2.89. The maximum atomic E-state index is 11.3. The first kappa shape index (κ1) is 16.7. The number of nitrogens with zero attached hydrogens (tertiary/aromatic N) is 3. The fraction of sp³-hybridized carbons (Fsp3) is 0.143. The Bertz CT molecular complexity index is 1150. The summed E-state index contributed by atoms with van der Waals surface area (Å²) < 4.78 is 0. The molecule has 27 heavy (non-hydrogen) atoms. The standard InChI is InChI=1S/C21H16N4O2/c1-13(23-24-19-10-5-14(12-22)11-20(19)25(26)27)17-9-8-16-7-6-15-3-2-4-18(17)21(15)16/h2-5,8-11,24H,6-7H2,1H3. The van der Waals surface area contributed by atoms with Crippen LogP contribution in [-0.2, 0) is 12.8 Å². The molecule has 132 valence electrons. The molecule has 0 saturated carbocycles. The summed E-state index contributed by atoms with van der Waals surface area (Å²) in [5.74, 6) is 0. The average Bonchev–Trinajstić information content (AvgIpc) is 3.11. The lowest BCUT2D eigenvalue weighted by Gasteiger charge is -2.09. The summed E-state index contributed by atoms with van der Waals surface area (Å²) in [6, 6.07) is 16.7. The number of nitriles is 1. The molecule has 0 heterocycles. The van der Waals surface area contributed by atoms with Gasteiger partial charge in [0, 0.05) is 11.6 Å². The van der Waals surface area contributed by atoms with Crippen LogP contribution in [0.15, 0.2) is 53.6 Å². The highest BCUT2D eigenvalue weighted by Gasteiger charge is 2.17. The second-order valence-electron chi connectivity index (χ2n) is 6.52. The zero-order chi connectivity index (χ0) is 19.0. The second-order valence-corrected chi connectivity index (χ2v) is 6.52. The summed E-state index contributed by atoms with van der Waals surface area (Å²) in [6.45, 7) is 1.88. The summed E-state index contributed by atoms with van der Waals surface area (Å²) in [5, 5.41) is 27.0. The van der Waals surface area contributed by atoms with E-state index < -0.39 is 4.92 Å². The molecule has 3 aromatic rings. The number of rotatable bonds is 4. The van der Waals surface area contributed by atoms with Crippen LogP contribution in [-0.4, -0.2) is 10.6 Å². The Balaban J connectivity index is 1.72. The number of nitro benzene ring substituents is 1. The van der Waals surface area contributed by atoms with Crippen LogP contribution in [0.5, 0.6) is 0 Å². The minimum absolute atomic E-state index is 0.175. The Labute approximate surface area is 155 Å². The summed E-state index contributed by atoms with van der Waals surface area (Å²) in [5.41, 5.74) is 7.56. The SMILES string of the molecule is CC(=NNc1ccc(C#N)cc1[N+](=O)[O-])c1ccc2c3c(cccc13)CC2. The van der Waals surface area contributed by atoms with Crippen molar-refractivity contribution in [3.8, 4) is 6.07 Å².